The smallest absolute Gasteiger partial charge is 0.410 e. The summed E-state index contributed by atoms with van der Waals surface area (Å²) in [6.45, 7) is 6.72. The molecular weight excluding hydrogens is 386 g/mol. The zero-order chi connectivity index (χ0) is 21.9. The van der Waals surface area contributed by atoms with Crippen molar-refractivity contribution in [3.05, 3.63) is 53.1 Å². The minimum atomic E-state index is -1.04. The van der Waals surface area contributed by atoms with Gasteiger partial charge in [-0.05, 0) is 75.1 Å². The molecule has 0 fully saturated rings. The van der Waals surface area contributed by atoms with Crippen molar-refractivity contribution in [3.8, 4) is 17.2 Å². The first-order valence-electron chi connectivity index (χ1n) is 9.85. The van der Waals surface area contributed by atoms with Gasteiger partial charge in [0.1, 0.15) is 11.4 Å². The number of nitrogens with zero attached hydrogens (tertiary/aromatic N) is 1. The van der Waals surface area contributed by atoms with Crippen molar-refractivity contribution in [2.45, 2.75) is 39.2 Å². The number of ether oxygens (including phenoxy) is 3. The van der Waals surface area contributed by atoms with Gasteiger partial charge in [0.15, 0.2) is 11.5 Å². The van der Waals surface area contributed by atoms with Gasteiger partial charge in [-0.25, -0.2) is 9.59 Å². The molecule has 2 aromatic rings. The fourth-order valence-corrected chi connectivity index (χ4v) is 3.29. The minimum absolute atomic E-state index is 0.119. The molecule has 0 saturated carbocycles. The van der Waals surface area contributed by atoms with E-state index in [-0.39, 0.29) is 11.7 Å². The van der Waals surface area contributed by atoms with Gasteiger partial charge in [0.2, 0.25) is 0 Å². The van der Waals surface area contributed by atoms with Crippen LogP contribution in [0.3, 0.4) is 0 Å². The molecule has 0 radical (unpaired) electrons. The second-order valence-corrected chi connectivity index (χ2v) is 8.17. The van der Waals surface area contributed by atoms with E-state index >= 15 is 0 Å². The van der Waals surface area contributed by atoms with Crippen LogP contribution in [-0.4, -0.2) is 47.9 Å². The van der Waals surface area contributed by atoms with E-state index < -0.39 is 11.6 Å². The van der Waals surface area contributed by atoms with Crippen LogP contribution < -0.4 is 9.47 Å². The number of hydrogen-bond donors (Lipinski definition) is 1. The lowest BCUT2D eigenvalue weighted by Gasteiger charge is -2.26. The summed E-state index contributed by atoms with van der Waals surface area (Å²) >= 11 is 0. The molecule has 1 aliphatic rings. The van der Waals surface area contributed by atoms with Gasteiger partial charge in [-0.2, -0.15) is 0 Å². The molecular formula is C23H27NO6. The molecule has 0 aliphatic carbocycles. The molecule has 7 nitrogen and oxygen atoms in total. The number of carboxylic acids is 1. The standard InChI is InChI=1S/C23H27NO6/c1-23(2,3)30-22(27)24-11-9-15-5-7-18(13-16(15)10-12-24)29-20-14-17(21(25)26)6-8-19(20)28-4/h5-8,13-14H,9-12H2,1-4H3,(H,25,26). The number of benzene rings is 2. The summed E-state index contributed by atoms with van der Waals surface area (Å²) < 4.78 is 16.7. The number of rotatable bonds is 4. The molecule has 3 rings (SSSR count). The molecule has 0 spiro atoms. The highest BCUT2D eigenvalue weighted by Crippen LogP contribution is 2.34. The topological polar surface area (TPSA) is 85.3 Å². The van der Waals surface area contributed by atoms with E-state index in [1.165, 1.54) is 19.2 Å². The molecule has 160 valence electrons. The number of carbonyl (C=O) groups is 2. The first kappa shape index (κ1) is 21.5. The second kappa shape index (κ2) is 8.65. The van der Waals surface area contributed by atoms with Gasteiger partial charge >= 0.3 is 12.1 Å². The maximum absolute atomic E-state index is 12.4. The molecule has 0 aromatic heterocycles. The number of carbonyl (C=O) groups excluding carboxylic acids is 1. The Morgan fingerprint density at radius 3 is 2.30 bits per heavy atom. The van der Waals surface area contributed by atoms with E-state index in [0.29, 0.717) is 36.8 Å². The Labute approximate surface area is 176 Å². The van der Waals surface area contributed by atoms with Gasteiger partial charge in [0.25, 0.3) is 0 Å². The Morgan fingerprint density at radius 2 is 1.67 bits per heavy atom. The normalized spacial score (nSPS) is 13.8. The van der Waals surface area contributed by atoms with E-state index in [4.69, 9.17) is 14.2 Å². The van der Waals surface area contributed by atoms with Gasteiger partial charge < -0.3 is 24.2 Å². The largest absolute Gasteiger partial charge is 0.493 e. The molecule has 2 aromatic carbocycles. The Hall–Kier alpha value is -3.22. The molecule has 0 unspecified atom stereocenters. The van der Waals surface area contributed by atoms with Crippen LogP contribution in [-0.2, 0) is 17.6 Å². The Morgan fingerprint density at radius 1 is 0.967 bits per heavy atom. The third-order valence-corrected chi connectivity index (χ3v) is 4.77. The lowest BCUT2D eigenvalue weighted by molar-refractivity contribution is 0.0258. The minimum Gasteiger partial charge on any atom is -0.493 e. The third-order valence-electron chi connectivity index (χ3n) is 4.77. The summed E-state index contributed by atoms with van der Waals surface area (Å²) in [5.74, 6) is 0.333. The summed E-state index contributed by atoms with van der Waals surface area (Å²) in [4.78, 5) is 25.4. The van der Waals surface area contributed by atoms with Gasteiger partial charge in [-0.15, -0.1) is 0 Å². The fourth-order valence-electron chi connectivity index (χ4n) is 3.29. The van der Waals surface area contributed by atoms with Crippen molar-refractivity contribution < 1.29 is 28.9 Å². The monoisotopic (exact) mass is 413 g/mol. The van der Waals surface area contributed by atoms with Crippen LogP contribution in [0.1, 0.15) is 42.3 Å². The lowest BCUT2D eigenvalue weighted by Crippen LogP contribution is -2.38. The van der Waals surface area contributed by atoms with Crippen LogP contribution in [0.25, 0.3) is 0 Å². The van der Waals surface area contributed by atoms with E-state index in [9.17, 15) is 14.7 Å². The zero-order valence-corrected chi connectivity index (χ0v) is 17.7. The fraction of sp³-hybridized carbons (Fsp3) is 0.391. The molecule has 0 atom stereocenters. The van der Waals surface area contributed by atoms with Crippen LogP contribution in [0.4, 0.5) is 4.79 Å². The van der Waals surface area contributed by atoms with Crippen LogP contribution in [0.15, 0.2) is 36.4 Å². The maximum atomic E-state index is 12.4. The Bertz CT molecular complexity index is 947. The van der Waals surface area contributed by atoms with E-state index in [1.54, 1.807) is 11.0 Å². The predicted octanol–water partition coefficient (Wildman–Crippen LogP) is 4.52. The van der Waals surface area contributed by atoms with Gasteiger partial charge in [0, 0.05) is 13.1 Å². The van der Waals surface area contributed by atoms with Gasteiger partial charge in [0.05, 0.1) is 12.7 Å². The average Bonchev–Trinajstić information content (AvgIpc) is 2.89. The third kappa shape index (κ3) is 5.23. The number of methoxy groups -OCH3 is 1. The van der Waals surface area contributed by atoms with Crippen molar-refractivity contribution in [1.82, 2.24) is 4.90 Å². The van der Waals surface area contributed by atoms with Crippen LogP contribution in [0, 0.1) is 0 Å². The molecule has 1 amide bonds. The quantitative estimate of drug-likeness (QED) is 0.793. The average molecular weight is 413 g/mol. The summed E-state index contributed by atoms with van der Waals surface area (Å²) in [5, 5.41) is 9.23. The SMILES string of the molecule is COc1ccc(C(=O)O)cc1Oc1ccc2c(c1)CCN(C(=O)OC(C)(C)C)CC2. The summed E-state index contributed by atoms with van der Waals surface area (Å²) in [5.41, 5.74) is 1.83. The number of fused-ring (bicyclic) bond motifs is 1. The van der Waals surface area contributed by atoms with Crippen molar-refractivity contribution in [3.63, 3.8) is 0 Å². The first-order chi connectivity index (χ1) is 14.2. The molecule has 7 heteroatoms. The molecule has 1 heterocycles. The highest BCUT2D eigenvalue weighted by molar-refractivity contribution is 5.88. The number of amides is 1. The van der Waals surface area contributed by atoms with Gasteiger partial charge in [-0.3, -0.25) is 0 Å². The highest BCUT2D eigenvalue weighted by atomic mass is 16.6. The van der Waals surface area contributed by atoms with Crippen LogP contribution in [0.2, 0.25) is 0 Å². The second-order valence-electron chi connectivity index (χ2n) is 8.17. The number of hydrogen-bond acceptors (Lipinski definition) is 5. The lowest BCUT2D eigenvalue weighted by atomic mass is 10.0. The van der Waals surface area contributed by atoms with E-state index in [1.807, 2.05) is 39.0 Å². The highest BCUT2D eigenvalue weighted by Gasteiger charge is 2.24. The van der Waals surface area contributed by atoms with Crippen molar-refractivity contribution in [2.75, 3.05) is 20.2 Å². The van der Waals surface area contributed by atoms with Crippen molar-refractivity contribution in [1.29, 1.82) is 0 Å². The molecule has 0 bridgehead atoms. The molecule has 0 saturated heterocycles. The summed E-state index contributed by atoms with van der Waals surface area (Å²) in [6.07, 6.45) is 1.10. The predicted molar refractivity (Wildman–Crippen MR) is 112 cm³/mol. The summed E-state index contributed by atoms with van der Waals surface area (Å²) in [7, 11) is 1.50. The van der Waals surface area contributed by atoms with E-state index in [2.05, 4.69) is 0 Å². The Kier molecular flexibility index (Phi) is 6.20. The molecule has 1 aliphatic heterocycles. The maximum Gasteiger partial charge on any atom is 0.410 e. The van der Waals surface area contributed by atoms with Crippen LogP contribution >= 0.6 is 0 Å². The zero-order valence-electron chi connectivity index (χ0n) is 17.7. The Balaban J connectivity index is 1.77. The van der Waals surface area contributed by atoms with Gasteiger partial charge in [-0.1, -0.05) is 6.07 Å². The van der Waals surface area contributed by atoms with Crippen molar-refractivity contribution >= 4 is 12.1 Å². The van der Waals surface area contributed by atoms with E-state index in [0.717, 1.165) is 17.5 Å². The van der Waals surface area contributed by atoms with Crippen molar-refractivity contribution in [2.24, 2.45) is 0 Å². The number of carboxylic acid groups (broad SMARTS) is 1. The van der Waals surface area contributed by atoms with Crippen LogP contribution in [0.5, 0.6) is 17.2 Å². The molecule has 30 heavy (non-hydrogen) atoms. The summed E-state index contributed by atoms with van der Waals surface area (Å²) in [6, 6.07) is 10.2. The molecule has 1 N–H and O–H groups in total. The number of aromatic carboxylic acids is 1. The first-order valence-corrected chi connectivity index (χ1v) is 9.85.